The molecule has 0 bridgehead atoms. The molecule has 31 heavy (non-hydrogen) atoms. The quantitative estimate of drug-likeness (QED) is 0.517. The Morgan fingerprint density at radius 1 is 1.03 bits per heavy atom. The van der Waals surface area contributed by atoms with E-state index in [0.29, 0.717) is 34.3 Å². The number of amides is 2. The maximum atomic E-state index is 13.3. The highest BCUT2D eigenvalue weighted by Gasteiger charge is 2.28. The molecule has 0 unspecified atom stereocenters. The van der Waals surface area contributed by atoms with Crippen molar-refractivity contribution in [3.05, 3.63) is 76.2 Å². The lowest BCUT2D eigenvalue weighted by Crippen LogP contribution is -2.19. The molecule has 1 heterocycles. The van der Waals surface area contributed by atoms with Gasteiger partial charge >= 0.3 is 0 Å². The smallest absolute Gasteiger partial charge is 0.258 e. The number of benzene rings is 2. The minimum absolute atomic E-state index is 0.195. The molecule has 2 amide bonds. The number of hydrogen-bond acceptors (Lipinski definition) is 4. The van der Waals surface area contributed by atoms with Gasteiger partial charge in [-0.15, -0.1) is 11.3 Å². The van der Waals surface area contributed by atoms with E-state index in [1.54, 1.807) is 12.1 Å². The fraction of sp³-hybridized carbons (Fsp3) is 0.280. The van der Waals surface area contributed by atoms with Crippen LogP contribution in [0.1, 0.15) is 51.4 Å². The Morgan fingerprint density at radius 2 is 1.77 bits per heavy atom. The summed E-state index contributed by atoms with van der Waals surface area (Å²) < 4.78 is 5.47. The first-order valence-corrected chi connectivity index (χ1v) is 11.4. The Balaban J connectivity index is 1.61. The van der Waals surface area contributed by atoms with E-state index in [9.17, 15) is 9.59 Å². The molecule has 2 N–H and O–H groups in total. The Kier molecular flexibility index (Phi) is 6.37. The normalized spacial score (nSPS) is 15.1. The van der Waals surface area contributed by atoms with Crippen molar-refractivity contribution in [3.63, 3.8) is 0 Å². The molecule has 0 fully saturated rings. The number of carbonyl (C=O) groups excluding carboxylic acids is 2. The van der Waals surface area contributed by atoms with Crippen LogP contribution in [0.25, 0.3) is 0 Å². The molecule has 6 heteroatoms. The zero-order chi connectivity index (χ0) is 21.8. The van der Waals surface area contributed by atoms with Crippen LogP contribution in [0.15, 0.2) is 54.6 Å². The van der Waals surface area contributed by atoms with Crippen molar-refractivity contribution in [2.24, 2.45) is 5.92 Å². The fourth-order valence-corrected chi connectivity index (χ4v) is 5.24. The van der Waals surface area contributed by atoms with Gasteiger partial charge in [0.1, 0.15) is 10.8 Å². The van der Waals surface area contributed by atoms with Crippen LogP contribution in [-0.4, -0.2) is 18.4 Å². The van der Waals surface area contributed by atoms with E-state index in [1.165, 1.54) is 16.2 Å². The lowest BCUT2D eigenvalue weighted by atomic mass is 9.88. The summed E-state index contributed by atoms with van der Waals surface area (Å²) in [6.45, 7) is 4.75. The molecule has 1 aromatic heterocycles. The maximum Gasteiger partial charge on any atom is 0.258 e. The highest BCUT2D eigenvalue weighted by molar-refractivity contribution is 7.17. The minimum Gasteiger partial charge on any atom is -0.494 e. The largest absolute Gasteiger partial charge is 0.494 e. The number of fused-ring (bicyclic) bond motifs is 1. The maximum absolute atomic E-state index is 13.3. The molecule has 2 aromatic carbocycles. The van der Waals surface area contributed by atoms with Crippen LogP contribution in [0.4, 0.5) is 10.7 Å². The monoisotopic (exact) mass is 434 g/mol. The van der Waals surface area contributed by atoms with Gasteiger partial charge in [0.2, 0.25) is 0 Å². The molecular weight excluding hydrogens is 408 g/mol. The van der Waals surface area contributed by atoms with Gasteiger partial charge < -0.3 is 15.4 Å². The van der Waals surface area contributed by atoms with Crippen LogP contribution in [0, 0.1) is 5.92 Å². The Bertz CT molecular complexity index is 1070. The van der Waals surface area contributed by atoms with Crippen LogP contribution in [-0.2, 0) is 12.8 Å². The summed E-state index contributed by atoms with van der Waals surface area (Å²) in [6, 6.07) is 16.4. The predicted molar refractivity (Wildman–Crippen MR) is 125 cm³/mol. The second kappa shape index (κ2) is 9.35. The highest BCUT2D eigenvalue weighted by Crippen LogP contribution is 2.40. The zero-order valence-corrected chi connectivity index (χ0v) is 18.6. The molecule has 1 aliphatic carbocycles. The first kappa shape index (κ1) is 21.1. The molecule has 1 aliphatic rings. The number of carbonyl (C=O) groups is 2. The number of ether oxygens (including phenoxy) is 1. The third-order valence-corrected chi connectivity index (χ3v) is 6.59. The van der Waals surface area contributed by atoms with Crippen molar-refractivity contribution in [1.29, 1.82) is 0 Å². The number of rotatable bonds is 6. The first-order chi connectivity index (χ1) is 15.0. The Labute approximate surface area is 186 Å². The number of thiophene rings is 1. The molecule has 0 aliphatic heterocycles. The van der Waals surface area contributed by atoms with Gasteiger partial charge in [-0.2, -0.15) is 0 Å². The topological polar surface area (TPSA) is 67.4 Å². The average molecular weight is 435 g/mol. The summed E-state index contributed by atoms with van der Waals surface area (Å²) in [4.78, 5) is 27.3. The van der Waals surface area contributed by atoms with Crippen molar-refractivity contribution < 1.29 is 14.3 Å². The van der Waals surface area contributed by atoms with Gasteiger partial charge in [-0.1, -0.05) is 25.1 Å². The molecular formula is C25H26N2O3S. The van der Waals surface area contributed by atoms with E-state index >= 15 is 0 Å². The van der Waals surface area contributed by atoms with Crippen LogP contribution in [0.5, 0.6) is 5.75 Å². The third kappa shape index (κ3) is 4.80. The summed E-state index contributed by atoms with van der Waals surface area (Å²) in [5, 5.41) is 6.60. The molecule has 3 aromatic rings. The van der Waals surface area contributed by atoms with Gasteiger partial charge in [-0.05, 0) is 74.1 Å². The molecule has 1 atom stereocenters. The second-order valence-corrected chi connectivity index (χ2v) is 8.89. The summed E-state index contributed by atoms with van der Waals surface area (Å²) >= 11 is 1.52. The molecule has 0 saturated carbocycles. The number of nitrogens with one attached hydrogen (secondary N) is 2. The standard InChI is InChI=1S/C25H26N2O3S/c1-3-30-19-12-10-18(11-13-19)26-24(29)22-20-14-9-16(2)15-21(20)31-25(22)27-23(28)17-7-5-4-6-8-17/h4-8,10-13,16H,3,9,14-15H2,1-2H3,(H,26,29)(H,27,28)/t16-/m1/s1. The SMILES string of the molecule is CCOc1ccc(NC(=O)c2c(NC(=O)c3ccccc3)sc3c2CC[C@@H](C)C3)cc1. The molecule has 4 rings (SSSR count). The summed E-state index contributed by atoms with van der Waals surface area (Å²) in [5.74, 6) is 0.936. The molecule has 160 valence electrons. The minimum atomic E-state index is -0.206. The van der Waals surface area contributed by atoms with Crippen molar-refractivity contribution >= 4 is 33.8 Å². The number of hydrogen-bond donors (Lipinski definition) is 2. The first-order valence-electron chi connectivity index (χ1n) is 10.6. The Morgan fingerprint density at radius 3 is 2.48 bits per heavy atom. The van der Waals surface area contributed by atoms with Gasteiger partial charge in [-0.25, -0.2) is 0 Å². The summed E-state index contributed by atoms with van der Waals surface area (Å²) in [6.07, 6.45) is 2.82. The van der Waals surface area contributed by atoms with Gasteiger partial charge in [0.25, 0.3) is 11.8 Å². The van der Waals surface area contributed by atoms with Crippen molar-refractivity contribution in [2.75, 3.05) is 17.2 Å². The van der Waals surface area contributed by atoms with E-state index in [4.69, 9.17) is 4.74 Å². The van der Waals surface area contributed by atoms with Gasteiger partial charge in [0.15, 0.2) is 0 Å². The average Bonchev–Trinajstić information content (AvgIpc) is 3.12. The Hall–Kier alpha value is -3.12. The van der Waals surface area contributed by atoms with Crippen molar-refractivity contribution in [1.82, 2.24) is 0 Å². The third-order valence-electron chi connectivity index (χ3n) is 5.42. The van der Waals surface area contributed by atoms with E-state index in [2.05, 4.69) is 17.6 Å². The molecule has 0 radical (unpaired) electrons. The van der Waals surface area contributed by atoms with Crippen LogP contribution >= 0.6 is 11.3 Å². The predicted octanol–water partition coefficient (Wildman–Crippen LogP) is 5.78. The van der Waals surface area contributed by atoms with E-state index in [1.807, 2.05) is 49.4 Å². The van der Waals surface area contributed by atoms with Crippen LogP contribution in [0.2, 0.25) is 0 Å². The van der Waals surface area contributed by atoms with Crippen LogP contribution < -0.4 is 15.4 Å². The summed E-state index contributed by atoms with van der Waals surface area (Å²) in [7, 11) is 0. The van der Waals surface area contributed by atoms with Crippen molar-refractivity contribution in [2.45, 2.75) is 33.1 Å². The van der Waals surface area contributed by atoms with Crippen molar-refractivity contribution in [3.8, 4) is 5.75 Å². The van der Waals surface area contributed by atoms with E-state index in [-0.39, 0.29) is 11.8 Å². The van der Waals surface area contributed by atoms with Gasteiger partial charge in [-0.3, -0.25) is 9.59 Å². The summed E-state index contributed by atoms with van der Waals surface area (Å²) in [5.41, 5.74) is 2.91. The molecule has 0 spiro atoms. The zero-order valence-electron chi connectivity index (χ0n) is 17.7. The van der Waals surface area contributed by atoms with Gasteiger partial charge in [0, 0.05) is 16.1 Å². The van der Waals surface area contributed by atoms with Gasteiger partial charge in [0.05, 0.1) is 12.2 Å². The van der Waals surface area contributed by atoms with Crippen LogP contribution in [0.3, 0.4) is 0 Å². The van der Waals surface area contributed by atoms with E-state index in [0.717, 1.165) is 30.6 Å². The molecule has 0 saturated heterocycles. The lowest BCUT2D eigenvalue weighted by molar-refractivity contribution is 0.102. The molecule has 5 nitrogen and oxygen atoms in total. The number of anilines is 2. The second-order valence-electron chi connectivity index (χ2n) is 7.79. The fourth-order valence-electron chi connectivity index (χ4n) is 3.84. The van der Waals surface area contributed by atoms with E-state index < -0.39 is 0 Å². The highest BCUT2D eigenvalue weighted by atomic mass is 32.1. The lowest BCUT2D eigenvalue weighted by Gasteiger charge is -2.18.